The number of nitrogens with zero attached hydrogens (tertiary/aromatic N) is 1. The zero-order chi connectivity index (χ0) is 20.8. The van der Waals surface area contributed by atoms with Crippen LogP contribution in [0, 0.1) is 0 Å². The summed E-state index contributed by atoms with van der Waals surface area (Å²) in [4.78, 5) is 28.8. The molecule has 1 amide bonds. The van der Waals surface area contributed by atoms with E-state index in [1.807, 2.05) is 78.9 Å². The molecule has 0 aliphatic rings. The van der Waals surface area contributed by atoms with Crippen LogP contribution in [-0.4, -0.2) is 29.2 Å². The second kappa shape index (κ2) is 9.56. The Morgan fingerprint density at radius 3 is 2.50 bits per heavy atom. The molecule has 1 N–H and O–H groups in total. The minimum atomic E-state index is -0.453. The van der Waals surface area contributed by atoms with Crippen molar-refractivity contribution in [1.29, 1.82) is 0 Å². The van der Waals surface area contributed by atoms with E-state index in [-0.39, 0.29) is 18.3 Å². The van der Waals surface area contributed by atoms with Gasteiger partial charge in [0.25, 0.3) is 5.91 Å². The van der Waals surface area contributed by atoms with Crippen LogP contribution in [0.2, 0.25) is 0 Å². The summed E-state index contributed by atoms with van der Waals surface area (Å²) in [6.07, 6.45) is 0. The van der Waals surface area contributed by atoms with Crippen LogP contribution in [-0.2, 0) is 14.3 Å². The number of esters is 1. The van der Waals surface area contributed by atoms with Crippen LogP contribution >= 0.6 is 23.1 Å². The number of amides is 1. The predicted octanol–water partition coefficient (Wildman–Crippen LogP) is 5.24. The molecule has 7 heteroatoms. The standard InChI is InChI=1S/C23H18N2O3S2/c26-21(24-18-11-5-4-10-17(18)16-8-2-1-3-9-16)14-28-22(27)15-29-23-25-19-12-6-7-13-20(19)30-23/h1-13H,14-15H2,(H,24,26). The topological polar surface area (TPSA) is 68.3 Å². The highest BCUT2D eigenvalue weighted by Crippen LogP contribution is 2.29. The molecule has 1 aromatic heterocycles. The number of carbonyl (C=O) groups excluding carboxylic acids is 2. The predicted molar refractivity (Wildman–Crippen MR) is 122 cm³/mol. The molecule has 0 radical (unpaired) electrons. The number of para-hydroxylation sites is 2. The molecule has 4 aromatic rings. The normalized spacial score (nSPS) is 10.7. The summed E-state index contributed by atoms with van der Waals surface area (Å²) in [6.45, 7) is -0.331. The lowest BCUT2D eigenvalue weighted by Gasteiger charge is -2.11. The number of carbonyl (C=O) groups is 2. The SMILES string of the molecule is O=C(COC(=O)CSc1nc2ccccc2s1)Nc1ccccc1-c1ccccc1. The lowest BCUT2D eigenvalue weighted by molar-refractivity contribution is -0.144. The molecule has 5 nitrogen and oxygen atoms in total. The van der Waals surface area contributed by atoms with Crippen LogP contribution in [0.25, 0.3) is 21.3 Å². The number of thioether (sulfide) groups is 1. The zero-order valence-electron chi connectivity index (χ0n) is 15.9. The summed E-state index contributed by atoms with van der Waals surface area (Å²) in [6, 6.07) is 25.1. The monoisotopic (exact) mass is 434 g/mol. The van der Waals surface area contributed by atoms with Crippen LogP contribution in [0.5, 0.6) is 0 Å². The van der Waals surface area contributed by atoms with Gasteiger partial charge in [0.15, 0.2) is 10.9 Å². The van der Waals surface area contributed by atoms with E-state index in [9.17, 15) is 9.59 Å². The highest BCUT2D eigenvalue weighted by Gasteiger charge is 2.12. The molecule has 0 aliphatic heterocycles. The van der Waals surface area contributed by atoms with Crippen LogP contribution in [0.4, 0.5) is 5.69 Å². The fraction of sp³-hybridized carbons (Fsp3) is 0.0870. The van der Waals surface area contributed by atoms with Crippen molar-refractivity contribution < 1.29 is 14.3 Å². The molecule has 150 valence electrons. The van der Waals surface area contributed by atoms with Gasteiger partial charge >= 0.3 is 5.97 Å². The van der Waals surface area contributed by atoms with Crippen molar-refractivity contribution in [3.63, 3.8) is 0 Å². The molecule has 0 bridgehead atoms. The fourth-order valence-electron chi connectivity index (χ4n) is 2.87. The minimum Gasteiger partial charge on any atom is -0.455 e. The molecule has 1 heterocycles. The molecule has 0 aliphatic carbocycles. The molecule has 0 atom stereocenters. The molecule has 30 heavy (non-hydrogen) atoms. The first kappa shape index (κ1) is 20.1. The Morgan fingerprint density at radius 1 is 0.933 bits per heavy atom. The second-order valence-corrected chi connectivity index (χ2v) is 8.61. The van der Waals surface area contributed by atoms with Gasteiger partial charge in [0.1, 0.15) is 0 Å². The van der Waals surface area contributed by atoms with Gasteiger partial charge in [0.2, 0.25) is 0 Å². The van der Waals surface area contributed by atoms with Crippen molar-refractivity contribution in [1.82, 2.24) is 4.98 Å². The van der Waals surface area contributed by atoms with Crippen LogP contribution in [0.1, 0.15) is 0 Å². The molecule has 0 saturated heterocycles. The van der Waals surface area contributed by atoms with Crippen molar-refractivity contribution in [2.24, 2.45) is 0 Å². The fourth-order valence-corrected chi connectivity index (χ4v) is 4.74. The molecule has 0 unspecified atom stereocenters. The molecule has 3 aromatic carbocycles. The Balaban J connectivity index is 1.29. The van der Waals surface area contributed by atoms with Crippen LogP contribution < -0.4 is 5.32 Å². The molecular weight excluding hydrogens is 416 g/mol. The maximum atomic E-state index is 12.3. The van der Waals surface area contributed by atoms with E-state index in [4.69, 9.17) is 4.74 Å². The van der Waals surface area contributed by atoms with Gasteiger partial charge in [-0.1, -0.05) is 72.4 Å². The largest absolute Gasteiger partial charge is 0.455 e. The number of benzene rings is 3. The molecular formula is C23H18N2O3S2. The quantitative estimate of drug-likeness (QED) is 0.318. The van der Waals surface area contributed by atoms with Crippen LogP contribution in [0.3, 0.4) is 0 Å². The average molecular weight is 435 g/mol. The number of anilines is 1. The third-order valence-electron chi connectivity index (χ3n) is 4.24. The highest BCUT2D eigenvalue weighted by atomic mass is 32.2. The Morgan fingerprint density at radius 2 is 1.67 bits per heavy atom. The lowest BCUT2D eigenvalue weighted by Crippen LogP contribution is -2.21. The van der Waals surface area contributed by atoms with Gasteiger partial charge < -0.3 is 10.1 Å². The number of nitrogens with one attached hydrogen (secondary N) is 1. The number of thiazole rings is 1. The van der Waals surface area contributed by atoms with E-state index in [1.165, 1.54) is 23.1 Å². The maximum absolute atomic E-state index is 12.3. The Kier molecular flexibility index (Phi) is 6.41. The third-order valence-corrected chi connectivity index (χ3v) is 6.39. The third kappa shape index (κ3) is 5.06. The van der Waals surface area contributed by atoms with Crippen molar-refractivity contribution in [2.45, 2.75) is 4.34 Å². The number of fused-ring (bicyclic) bond motifs is 1. The van der Waals surface area contributed by atoms with Crippen molar-refractivity contribution in [2.75, 3.05) is 17.7 Å². The van der Waals surface area contributed by atoms with Gasteiger partial charge in [-0.15, -0.1) is 11.3 Å². The van der Waals surface area contributed by atoms with Gasteiger partial charge in [-0.25, -0.2) is 4.98 Å². The van der Waals surface area contributed by atoms with Gasteiger partial charge in [0, 0.05) is 11.3 Å². The van der Waals surface area contributed by atoms with E-state index in [1.54, 1.807) is 0 Å². The molecule has 0 saturated carbocycles. The highest BCUT2D eigenvalue weighted by molar-refractivity contribution is 8.01. The van der Waals surface area contributed by atoms with Gasteiger partial charge in [-0.05, 0) is 23.8 Å². The number of hydrogen-bond acceptors (Lipinski definition) is 6. The maximum Gasteiger partial charge on any atom is 0.316 e. The summed E-state index contributed by atoms with van der Waals surface area (Å²) in [5.74, 6) is -0.726. The van der Waals surface area contributed by atoms with E-state index < -0.39 is 5.97 Å². The second-order valence-electron chi connectivity index (χ2n) is 6.36. The molecule has 0 fully saturated rings. The van der Waals surface area contributed by atoms with E-state index in [0.717, 1.165) is 25.7 Å². The number of aromatic nitrogens is 1. The van der Waals surface area contributed by atoms with Gasteiger partial charge in [0.05, 0.1) is 16.0 Å². The van der Waals surface area contributed by atoms with Gasteiger partial charge in [-0.3, -0.25) is 9.59 Å². The number of rotatable bonds is 7. The smallest absolute Gasteiger partial charge is 0.316 e. The van der Waals surface area contributed by atoms with E-state index in [0.29, 0.717) is 5.69 Å². The summed E-state index contributed by atoms with van der Waals surface area (Å²) in [5.41, 5.74) is 3.49. The first-order valence-corrected chi connectivity index (χ1v) is 11.1. The number of ether oxygens (including phenoxy) is 1. The first-order chi connectivity index (χ1) is 14.7. The Hall–Kier alpha value is -3.16. The summed E-state index contributed by atoms with van der Waals surface area (Å²) < 4.78 is 7.00. The minimum absolute atomic E-state index is 0.105. The van der Waals surface area contributed by atoms with Crippen molar-refractivity contribution in [3.05, 3.63) is 78.9 Å². The zero-order valence-corrected chi connectivity index (χ0v) is 17.5. The van der Waals surface area contributed by atoms with Crippen molar-refractivity contribution in [3.8, 4) is 11.1 Å². The van der Waals surface area contributed by atoms with E-state index in [2.05, 4.69) is 10.3 Å². The van der Waals surface area contributed by atoms with E-state index >= 15 is 0 Å². The van der Waals surface area contributed by atoms with Crippen molar-refractivity contribution >= 4 is 50.9 Å². The average Bonchev–Trinajstić information content (AvgIpc) is 3.20. The van der Waals surface area contributed by atoms with Crippen LogP contribution in [0.15, 0.2) is 83.2 Å². The summed E-state index contributed by atoms with van der Waals surface area (Å²) >= 11 is 2.84. The Labute approximate surface area is 182 Å². The van der Waals surface area contributed by atoms with Gasteiger partial charge in [-0.2, -0.15) is 0 Å². The number of hydrogen-bond donors (Lipinski definition) is 1. The first-order valence-electron chi connectivity index (χ1n) is 9.27. The lowest BCUT2D eigenvalue weighted by atomic mass is 10.0. The summed E-state index contributed by atoms with van der Waals surface area (Å²) in [5, 5.41) is 2.82. The molecule has 0 spiro atoms. The summed E-state index contributed by atoms with van der Waals surface area (Å²) in [7, 11) is 0. The molecule has 4 rings (SSSR count). The Bertz CT molecular complexity index is 1140.